The molecule has 6 heteroatoms. The van der Waals surface area contributed by atoms with Gasteiger partial charge in [0.2, 0.25) is 5.91 Å². The Morgan fingerprint density at radius 1 is 0.622 bits per heavy atom. The minimum Gasteiger partial charge on any atom is -0.480 e. The smallest absolute Gasteiger partial charge is 0.327 e. The second-order valence-corrected chi connectivity index (χ2v) is 12.0. The van der Waals surface area contributed by atoms with Crippen LogP contribution in [0.25, 0.3) is 0 Å². The first-order valence-electron chi connectivity index (χ1n) is 15.8. The van der Waals surface area contributed by atoms with E-state index in [0.717, 1.165) is 38.5 Å². The van der Waals surface area contributed by atoms with E-state index in [1.807, 2.05) is 0 Å². The average molecular weight is 544 g/mol. The maximum atomic E-state index is 12.2. The lowest BCUT2D eigenvalue weighted by atomic mass is 10.0. The van der Waals surface area contributed by atoms with Gasteiger partial charge in [-0.05, 0) is 12.8 Å². The van der Waals surface area contributed by atoms with Gasteiger partial charge in [0.1, 0.15) is 6.04 Å². The molecule has 0 aromatic heterocycles. The molecule has 0 rings (SSSR count). The van der Waals surface area contributed by atoms with Crippen LogP contribution < -0.4 is 5.32 Å². The van der Waals surface area contributed by atoms with Gasteiger partial charge in [-0.25, -0.2) is 4.79 Å². The summed E-state index contributed by atoms with van der Waals surface area (Å²) in [6, 6.07) is -0.880. The quantitative estimate of drug-likeness (QED) is 0.0822. The van der Waals surface area contributed by atoms with E-state index in [2.05, 4.69) is 19.2 Å². The summed E-state index contributed by atoms with van der Waals surface area (Å²) in [5.74, 6) is -0.345. The van der Waals surface area contributed by atoms with E-state index in [1.54, 1.807) is 0 Å². The average Bonchev–Trinajstić information content (AvgIpc) is 2.87. The molecule has 0 heterocycles. The topological polar surface area (TPSA) is 86.6 Å². The molecule has 220 valence electrons. The summed E-state index contributed by atoms with van der Waals surface area (Å²) < 4.78 is 0. The van der Waals surface area contributed by atoms with E-state index in [-0.39, 0.29) is 5.91 Å². The van der Waals surface area contributed by atoms with Gasteiger partial charge in [0.15, 0.2) is 0 Å². The summed E-state index contributed by atoms with van der Waals surface area (Å²) in [4.78, 5) is 23.8. The number of nitrogens with one attached hydrogen (secondary N) is 1. The van der Waals surface area contributed by atoms with Crippen molar-refractivity contribution in [2.45, 2.75) is 174 Å². The first-order valence-corrected chi connectivity index (χ1v) is 16.9. The maximum Gasteiger partial charge on any atom is 0.327 e. The Morgan fingerprint density at radius 3 is 1.46 bits per heavy atom. The molecule has 0 aromatic rings. The highest BCUT2D eigenvalue weighted by molar-refractivity contribution is 7.99. The van der Waals surface area contributed by atoms with Crippen molar-refractivity contribution < 1.29 is 19.8 Å². The summed E-state index contributed by atoms with van der Waals surface area (Å²) in [6.45, 7) is 4.49. The second kappa shape index (κ2) is 28.3. The number of aliphatic hydroxyl groups is 1. The van der Waals surface area contributed by atoms with Gasteiger partial charge in [-0.3, -0.25) is 4.79 Å². The van der Waals surface area contributed by atoms with Gasteiger partial charge in [0.25, 0.3) is 0 Å². The van der Waals surface area contributed by atoms with Crippen LogP contribution in [0.1, 0.15) is 162 Å². The van der Waals surface area contributed by atoms with Gasteiger partial charge in [-0.1, -0.05) is 142 Å². The van der Waals surface area contributed by atoms with E-state index in [0.29, 0.717) is 17.9 Å². The molecule has 0 bridgehead atoms. The van der Waals surface area contributed by atoms with E-state index < -0.39 is 18.1 Å². The van der Waals surface area contributed by atoms with Crippen molar-refractivity contribution in [1.82, 2.24) is 5.32 Å². The molecular weight excluding hydrogens is 482 g/mol. The van der Waals surface area contributed by atoms with Crippen LogP contribution in [0.2, 0.25) is 0 Å². The van der Waals surface area contributed by atoms with E-state index in [4.69, 9.17) is 0 Å². The lowest BCUT2D eigenvalue weighted by Gasteiger charge is -2.16. The molecule has 0 aliphatic carbocycles. The Labute approximate surface area is 233 Å². The van der Waals surface area contributed by atoms with Crippen molar-refractivity contribution >= 4 is 23.6 Å². The minimum atomic E-state index is -0.997. The maximum absolute atomic E-state index is 12.2. The molecule has 37 heavy (non-hydrogen) atoms. The van der Waals surface area contributed by atoms with Crippen LogP contribution in [0.3, 0.4) is 0 Å². The first-order chi connectivity index (χ1) is 18.0. The second-order valence-electron chi connectivity index (χ2n) is 10.9. The lowest BCUT2D eigenvalue weighted by Crippen LogP contribution is -2.42. The van der Waals surface area contributed by atoms with E-state index >= 15 is 0 Å². The number of amides is 1. The number of carboxylic acid groups (broad SMARTS) is 1. The molecule has 0 radical (unpaired) electrons. The van der Waals surface area contributed by atoms with Crippen LogP contribution in [-0.2, 0) is 9.59 Å². The molecule has 0 aromatic carbocycles. The molecule has 3 N–H and O–H groups in total. The summed E-state index contributed by atoms with van der Waals surface area (Å²) in [5, 5.41) is 22.3. The van der Waals surface area contributed by atoms with Gasteiger partial charge in [0, 0.05) is 17.9 Å². The van der Waals surface area contributed by atoms with Crippen molar-refractivity contribution in [2.24, 2.45) is 0 Å². The zero-order chi connectivity index (χ0) is 27.4. The number of carbonyl (C=O) groups is 2. The van der Waals surface area contributed by atoms with Crippen molar-refractivity contribution in [3.05, 3.63) is 0 Å². The van der Waals surface area contributed by atoms with Crippen LogP contribution in [0.15, 0.2) is 0 Å². The number of unbranched alkanes of at least 4 members (excludes halogenated alkanes) is 19. The normalized spacial score (nSPS) is 12.9. The molecule has 1 amide bonds. The number of aliphatic carboxylic acids is 1. The fourth-order valence-electron chi connectivity index (χ4n) is 4.66. The largest absolute Gasteiger partial charge is 0.480 e. The predicted molar refractivity (Wildman–Crippen MR) is 160 cm³/mol. The number of carbonyl (C=O) groups excluding carboxylic acids is 1. The molecule has 0 fully saturated rings. The predicted octanol–water partition coefficient (Wildman–Crippen LogP) is 8.66. The summed E-state index contributed by atoms with van der Waals surface area (Å²) >= 11 is 1.42. The molecule has 0 spiro atoms. The zero-order valence-electron chi connectivity index (χ0n) is 24.5. The molecule has 2 atom stereocenters. The summed E-state index contributed by atoms with van der Waals surface area (Å²) in [6.07, 6.45) is 27.1. The number of aliphatic hydroxyl groups excluding tert-OH is 1. The Bertz CT molecular complexity index is 517. The Balaban J connectivity index is 3.68. The van der Waals surface area contributed by atoms with Crippen LogP contribution in [0, 0.1) is 0 Å². The number of hydrogen-bond acceptors (Lipinski definition) is 4. The molecule has 0 saturated heterocycles. The number of thioether (sulfide) groups is 1. The highest BCUT2D eigenvalue weighted by atomic mass is 32.2. The third-order valence-corrected chi connectivity index (χ3v) is 8.32. The number of hydrogen-bond donors (Lipinski definition) is 3. The monoisotopic (exact) mass is 543 g/mol. The highest BCUT2D eigenvalue weighted by Crippen LogP contribution is 2.15. The molecular formula is C31H61NO4S. The Kier molecular flexibility index (Phi) is 27.7. The van der Waals surface area contributed by atoms with Gasteiger partial charge in [-0.2, -0.15) is 11.8 Å². The van der Waals surface area contributed by atoms with Gasteiger partial charge in [-0.15, -0.1) is 0 Å². The fourth-order valence-corrected chi connectivity index (χ4v) is 5.70. The Morgan fingerprint density at radius 2 is 1.03 bits per heavy atom. The van der Waals surface area contributed by atoms with Gasteiger partial charge >= 0.3 is 5.97 Å². The van der Waals surface area contributed by atoms with Crippen LogP contribution in [0.4, 0.5) is 0 Å². The number of carboxylic acids is 1. The van der Waals surface area contributed by atoms with E-state index in [9.17, 15) is 19.8 Å². The lowest BCUT2D eigenvalue weighted by molar-refractivity contribution is -0.141. The van der Waals surface area contributed by atoms with Crippen molar-refractivity contribution in [1.29, 1.82) is 0 Å². The summed E-state index contributed by atoms with van der Waals surface area (Å²) in [7, 11) is 0. The van der Waals surface area contributed by atoms with Gasteiger partial charge < -0.3 is 15.5 Å². The van der Waals surface area contributed by atoms with E-state index in [1.165, 1.54) is 114 Å². The van der Waals surface area contributed by atoms with Crippen LogP contribution in [-0.4, -0.2) is 45.7 Å². The molecule has 0 aliphatic heterocycles. The van der Waals surface area contributed by atoms with Crippen molar-refractivity contribution in [3.63, 3.8) is 0 Å². The van der Waals surface area contributed by atoms with Crippen molar-refractivity contribution in [2.75, 3.05) is 11.5 Å². The van der Waals surface area contributed by atoms with Crippen LogP contribution >= 0.6 is 11.8 Å². The molecule has 0 aliphatic rings. The fraction of sp³-hybridized carbons (Fsp3) is 0.935. The third kappa shape index (κ3) is 26.6. The van der Waals surface area contributed by atoms with Crippen molar-refractivity contribution in [3.8, 4) is 0 Å². The first kappa shape index (κ1) is 36.2. The number of rotatable bonds is 29. The molecule has 0 unspecified atom stereocenters. The minimum absolute atomic E-state index is 0.171. The van der Waals surface area contributed by atoms with Gasteiger partial charge in [0.05, 0.1) is 6.10 Å². The standard InChI is InChI=1S/C31H61NO4S/c1-3-5-7-9-11-13-14-15-16-17-19-21-23-25-30(34)32-29(31(35)36)27-37-26-28(33)24-22-20-18-12-10-8-6-4-2/h28-29,33H,3-27H2,1-2H3,(H,32,34)(H,35,36)/t28-,29-/m1/s1. The Hall–Kier alpha value is -0.750. The summed E-state index contributed by atoms with van der Waals surface area (Å²) in [5.41, 5.74) is 0. The third-order valence-electron chi connectivity index (χ3n) is 7.13. The zero-order valence-corrected chi connectivity index (χ0v) is 25.3. The SMILES string of the molecule is CCCCCCCCCCCCCCCC(=O)N[C@H](CSC[C@H](O)CCCCCCCCCC)C(=O)O. The molecule has 5 nitrogen and oxygen atoms in total. The molecule has 0 saturated carbocycles. The van der Waals surface area contributed by atoms with Crippen LogP contribution in [0.5, 0.6) is 0 Å². The highest BCUT2D eigenvalue weighted by Gasteiger charge is 2.20.